The number of nitrogens with zero attached hydrogens (tertiary/aromatic N) is 3. The quantitative estimate of drug-likeness (QED) is 0.418. The molecule has 2 atom stereocenters. The molecule has 1 amide bonds. The average Bonchev–Trinajstić information content (AvgIpc) is 2.96. The number of hydrogen-bond acceptors (Lipinski definition) is 5. The molecule has 0 saturated carbocycles. The Kier molecular flexibility index (Phi) is 8.96. The molecule has 0 aliphatic carbocycles. The van der Waals surface area contributed by atoms with E-state index in [0.29, 0.717) is 31.9 Å². The minimum atomic E-state index is -4.65. The molecule has 7 nitrogen and oxygen atoms in total. The van der Waals surface area contributed by atoms with Crippen molar-refractivity contribution in [3.63, 3.8) is 0 Å². The normalized spacial score (nSPS) is 22.5. The Hall–Kier alpha value is -2.63. The van der Waals surface area contributed by atoms with E-state index in [4.69, 9.17) is 4.74 Å². The van der Waals surface area contributed by atoms with Crippen molar-refractivity contribution in [1.82, 2.24) is 14.1 Å². The summed E-state index contributed by atoms with van der Waals surface area (Å²) in [5.74, 6) is 0.582. The van der Waals surface area contributed by atoms with Gasteiger partial charge in [-0.2, -0.15) is 17.5 Å². The van der Waals surface area contributed by atoms with Gasteiger partial charge in [0.25, 0.3) is 0 Å². The fourth-order valence-electron chi connectivity index (χ4n) is 6.27. The molecule has 11 heteroatoms. The number of benzene rings is 2. The van der Waals surface area contributed by atoms with E-state index in [1.165, 1.54) is 35.2 Å². The molecule has 3 aliphatic heterocycles. The van der Waals surface area contributed by atoms with Gasteiger partial charge in [-0.15, -0.1) is 0 Å². The lowest BCUT2D eigenvalue weighted by molar-refractivity contribution is -0.137. The van der Waals surface area contributed by atoms with Crippen LogP contribution < -0.4 is 4.74 Å². The molecule has 41 heavy (non-hydrogen) atoms. The van der Waals surface area contributed by atoms with Crippen molar-refractivity contribution in [3.05, 3.63) is 59.2 Å². The molecule has 3 aliphatic rings. The molecule has 0 aromatic heterocycles. The predicted octanol–water partition coefficient (Wildman–Crippen LogP) is 5.61. The van der Waals surface area contributed by atoms with Crippen LogP contribution in [0.15, 0.2) is 47.4 Å². The van der Waals surface area contributed by atoms with Gasteiger partial charge in [-0.3, -0.25) is 9.69 Å². The summed E-state index contributed by atoms with van der Waals surface area (Å²) >= 11 is 0. The highest BCUT2D eigenvalue weighted by atomic mass is 32.2. The SMILES string of the molecule is CN(C(=O)CC1CCCCN1S(=O)(=O)c1cccc(C(F)(F)F)c1)[C@@H]1CCOc2cc(CN3CCCCC3)ccc21. The summed E-state index contributed by atoms with van der Waals surface area (Å²) < 4.78 is 74.0. The van der Waals surface area contributed by atoms with Crippen molar-refractivity contribution >= 4 is 15.9 Å². The Morgan fingerprint density at radius 2 is 1.76 bits per heavy atom. The number of carbonyl (C=O) groups excluding carboxylic acids is 1. The smallest absolute Gasteiger partial charge is 0.416 e. The minimum Gasteiger partial charge on any atom is -0.493 e. The number of amides is 1. The molecule has 0 radical (unpaired) electrons. The maximum Gasteiger partial charge on any atom is 0.416 e. The van der Waals surface area contributed by atoms with Crippen molar-refractivity contribution in [2.75, 3.05) is 33.3 Å². The lowest BCUT2D eigenvalue weighted by Gasteiger charge is -2.37. The standard InChI is InChI=1S/C30H38F3N3O4S/c1-34(27-13-17-40-28-18-22(11-12-26(27)28)21-35-14-4-2-5-15-35)29(37)20-24-9-3-6-16-36(24)41(38,39)25-10-7-8-23(19-25)30(31,32)33/h7-8,10-12,18-19,24,27H,2-6,9,13-17,20-21H2,1H3/t24?,27-/m1/s1. The maximum atomic E-state index is 13.6. The van der Waals surface area contributed by atoms with Crippen LogP contribution in [0.25, 0.3) is 0 Å². The molecular weight excluding hydrogens is 555 g/mol. The number of likely N-dealkylation sites (tertiary alicyclic amines) is 1. The highest BCUT2D eigenvalue weighted by Gasteiger charge is 2.38. The molecule has 2 aromatic carbocycles. The number of alkyl halides is 3. The number of piperidine rings is 2. The molecule has 2 aromatic rings. The summed E-state index contributed by atoms with van der Waals surface area (Å²) in [6.45, 7) is 3.70. The van der Waals surface area contributed by atoms with Crippen molar-refractivity contribution in [2.24, 2.45) is 0 Å². The lowest BCUT2D eigenvalue weighted by atomic mass is 9.96. The number of hydrogen-bond donors (Lipinski definition) is 0. The lowest BCUT2D eigenvalue weighted by Crippen LogP contribution is -2.46. The van der Waals surface area contributed by atoms with Gasteiger partial charge >= 0.3 is 6.18 Å². The second kappa shape index (κ2) is 12.3. The zero-order valence-corrected chi connectivity index (χ0v) is 24.2. The highest BCUT2D eigenvalue weighted by Crippen LogP contribution is 2.38. The van der Waals surface area contributed by atoms with E-state index in [0.717, 1.165) is 49.5 Å². The number of halogens is 3. The third kappa shape index (κ3) is 6.73. The van der Waals surface area contributed by atoms with Crippen molar-refractivity contribution in [2.45, 2.75) is 81.1 Å². The van der Waals surface area contributed by atoms with Crippen LogP contribution >= 0.6 is 0 Å². The van der Waals surface area contributed by atoms with E-state index < -0.39 is 32.7 Å². The summed E-state index contributed by atoms with van der Waals surface area (Å²) in [7, 11) is -2.48. The van der Waals surface area contributed by atoms with Gasteiger partial charge in [0.2, 0.25) is 15.9 Å². The summed E-state index contributed by atoms with van der Waals surface area (Å²) in [4.78, 5) is 17.3. The molecule has 224 valence electrons. The highest BCUT2D eigenvalue weighted by molar-refractivity contribution is 7.89. The van der Waals surface area contributed by atoms with Crippen LogP contribution in [-0.4, -0.2) is 67.8 Å². The number of fused-ring (bicyclic) bond motifs is 1. The van der Waals surface area contributed by atoms with Crippen LogP contribution in [0, 0.1) is 0 Å². The molecule has 0 N–H and O–H groups in total. The van der Waals surface area contributed by atoms with Crippen LogP contribution in [-0.2, 0) is 27.5 Å². The number of rotatable bonds is 7. The van der Waals surface area contributed by atoms with E-state index in [-0.39, 0.29) is 24.9 Å². The molecule has 2 saturated heterocycles. The average molecular weight is 594 g/mol. The summed E-state index contributed by atoms with van der Waals surface area (Å²) in [6, 6.07) is 9.19. The first-order chi connectivity index (χ1) is 19.5. The maximum absolute atomic E-state index is 13.6. The topological polar surface area (TPSA) is 70.2 Å². The molecule has 5 rings (SSSR count). The summed E-state index contributed by atoms with van der Waals surface area (Å²) in [5.41, 5.74) is 1.10. The third-order valence-corrected chi connectivity index (χ3v) is 10.5. The van der Waals surface area contributed by atoms with Gasteiger partial charge in [0, 0.05) is 44.6 Å². The van der Waals surface area contributed by atoms with E-state index in [1.54, 1.807) is 11.9 Å². The first kappa shape index (κ1) is 29.8. The Labute approximate surface area is 240 Å². The van der Waals surface area contributed by atoms with Crippen molar-refractivity contribution < 1.29 is 31.1 Å². The zero-order valence-electron chi connectivity index (χ0n) is 23.4. The van der Waals surface area contributed by atoms with Gasteiger partial charge in [0.15, 0.2) is 0 Å². The summed E-state index contributed by atoms with van der Waals surface area (Å²) in [6.07, 6.45) is 1.46. The third-order valence-electron chi connectivity index (χ3n) is 8.55. The van der Waals surface area contributed by atoms with Gasteiger partial charge in [0.1, 0.15) is 5.75 Å². The molecule has 0 spiro atoms. The van der Waals surface area contributed by atoms with Crippen LogP contribution in [0.3, 0.4) is 0 Å². The monoisotopic (exact) mass is 593 g/mol. The van der Waals surface area contributed by atoms with Gasteiger partial charge < -0.3 is 9.64 Å². The first-order valence-corrected chi connectivity index (χ1v) is 15.9. The number of ether oxygens (including phenoxy) is 1. The fourth-order valence-corrected chi connectivity index (χ4v) is 8.01. The van der Waals surface area contributed by atoms with Crippen LogP contribution in [0.2, 0.25) is 0 Å². The predicted molar refractivity (Wildman–Crippen MR) is 149 cm³/mol. The fraction of sp³-hybridized carbons (Fsp3) is 0.567. The molecule has 1 unspecified atom stereocenters. The van der Waals surface area contributed by atoms with Crippen molar-refractivity contribution in [3.8, 4) is 5.75 Å². The van der Waals surface area contributed by atoms with Crippen LogP contribution in [0.5, 0.6) is 5.75 Å². The number of carbonyl (C=O) groups is 1. The first-order valence-electron chi connectivity index (χ1n) is 14.5. The minimum absolute atomic E-state index is 0.0333. The summed E-state index contributed by atoms with van der Waals surface area (Å²) in [5, 5.41) is 0. The molecule has 2 fully saturated rings. The second-order valence-corrected chi connectivity index (χ2v) is 13.3. The second-order valence-electron chi connectivity index (χ2n) is 11.4. The molecular formula is C30H38F3N3O4S. The van der Waals surface area contributed by atoms with Gasteiger partial charge in [0.05, 0.1) is 23.1 Å². The van der Waals surface area contributed by atoms with Crippen molar-refractivity contribution in [1.29, 1.82) is 0 Å². The Bertz CT molecular complexity index is 1340. The largest absolute Gasteiger partial charge is 0.493 e. The molecule has 0 bridgehead atoms. The van der Waals surface area contributed by atoms with Crippen LogP contribution in [0.4, 0.5) is 13.2 Å². The Morgan fingerprint density at radius 3 is 2.51 bits per heavy atom. The Morgan fingerprint density at radius 1 is 1.00 bits per heavy atom. The van der Waals surface area contributed by atoms with Gasteiger partial charge in [-0.1, -0.05) is 31.0 Å². The van der Waals surface area contributed by atoms with E-state index >= 15 is 0 Å². The van der Waals surface area contributed by atoms with E-state index in [2.05, 4.69) is 17.0 Å². The molecule has 3 heterocycles. The van der Waals surface area contributed by atoms with Gasteiger partial charge in [-0.05, 0) is 68.6 Å². The van der Waals surface area contributed by atoms with Crippen LogP contribution in [0.1, 0.15) is 74.1 Å². The zero-order chi connectivity index (χ0) is 29.2. The number of sulfonamides is 1. The van der Waals surface area contributed by atoms with Gasteiger partial charge in [-0.25, -0.2) is 8.42 Å². The Balaban J connectivity index is 1.30. The van der Waals surface area contributed by atoms with E-state index in [9.17, 15) is 26.4 Å². The van der Waals surface area contributed by atoms with E-state index in [1.807, 2.05) is 6.07 Å².